The van der Waals surface area contributed by atoms with E-state index in [2.05, 4.69) is 10.3 Å². The zero-order chi connectivity index (χ0) is 19.6. The summed E-state index contributed by atoms with van der Waals surface area (Å²) >= 11 is 0. The van der Waals surface area contributed by atoms with Crippen LogP contribution in [0.25, 0.3) is 17.3 Å². The molecule has 1 amide bonds. The molecule has 1 heterocycles. The third-order valence-corrected chi connectivity index (χ3v) is 3.76. The number of nitrogens with one attached hydrogen (secondary N) is 2. The molecule has 0 bridgehead atoms. The summed E-state index contributed by atoms with van der Waals surface area (Å²) in [4.78, 5) is 16.3. The second-order valence-corrected chi connectivity index (χ2v) is 5.55. The van der Waals surface area contributed by atoms with Crippen LogP contribution in [0.5, 0.6) is 0 Å². The number of nitrogens with two attached hydrogens (primary N) is 3. The molecule has 0 aliphatic heterocycles. The van der Waals surface area contributed by atoms with Crippen molar-refractivity contribution in [1.29, 1.82) is 5.41 Å². The molecular weight excluding hydrogens is 340 g/mol. The number of hydrogen-bond acceptors (Lipinski definition) is 6. The molecule has 1 aromatic carbocycles. The number of allylic oxidation sites excluding steroid dienone is 1. The number of benzene rings is 1. The van der Waals surface area contributed by atoms with E-state index in [1.807, 2.05) is 0 Å². The highest BCUT2D eigenvalue weighted by Gasteiger charge is 2.05. The standard InChI is InChI=1S/C20H22N6O/c21-8-6-19(24)14-2-1-3-17(10-14)26-20(27)5-4-15-13-25-9-7-18(15)16(11-22)12-23/h1-11,13,21H,12,22-24H2,(H,26,27)/b5-4+,16-11+,19-6?,21-8?. The van der Waals surface area contributed by atoms with Crippen LogP contribution < -0.4 is 22.5 Å². The van der Waals surface area contributed by atoms with E-state index < -0.39 is 0 Å². The van der Waals surface area contributed by atoms with Crippen LogP contribution in [0.3, 0.4) is 0 Å². The summed E-state index contributed by atoms with van der Waals surface area (Å²) in [7, 11) is 0. The maximum atomic E-state index is 12.2. The lowest BCUT2D eigenvalue weighted by Crippen LogP contribution is -2.09. The Balaban J connectivity index is 2.17. The smallest absolute Gasteiger partial charge is 0.248 e. The molecule has 0 saturated heterocycles. The molecule has 7 heteroatoms. The number of pyridine rings is 1. The summed E-state index contributed by atoms with van der Waals surface area (Å²) in [5.74, 6) is -0.303. The molecule has 138 valence electrons. The second-order valence-electron chi connectivity index (χ2n) is 5.55. The monoisotopic (exact) mass is 362 g/mol. The summed E-state index contributed by atoms with van der Waals surface area (Å²) in [6.45, 7) is 0.283. The SMILES string of the molecule is N=CC=C(N)c1cccc(NC(=O)/C=C/c2cnccc2/C(=C/N)CN)c1. The maximum Gasteiger partial charge on any atom is 0.248 e. The van der Waals surface area contributed by atoms with Gasteiger partial charge in [-0.15, -0.1) is 0 Å². The van der Waals surface area contributed by atoms with Gasteiger partial charge in [-0.3, -0.25) is 9.78 Å². The molecule has 8 N–H and O–H groups in total. The van der Waals surface area contributed by atoms with Gasteiger partial charge in [0.25, 0.3) is 0 Å². The Morgan fingerprint density at radius 2 is 2.11 bits per heavy atom. The van der Waals surface area contributed by atoms with Gasteiger partial charge in [0.2, 0.25) is 5.91 Å². The zero-order valence-electron chi connectivity index (χ0n) is 14.7. The van der Waals surface area contributed by atoms with Crippen LogP contribution in [0.1, 0.15) is 16.7 Å². The molecule has 0 spiro atoms. The van der Waals surface area contributed by atoms with Crippen molar-refractivity contribution in [1.82, 2.24) is 4.98 Å². The molecule has 0 radical (unpaired) electrons. The van der Waals surface area contributed by atoms with Crippen LogP contribution in [-0.2, 0) is 4.79 Å². The summed E-state index contributed by atoms with van der Waals surface area (Å²) in [5, 5.41) is 9.85. The summed E-state index contributed by atoms with van der Waals surface area (Å²) < 4.78 is 0. The number of nitrogens with zero attached hydrogens (tertiary/aromatic N) is 1. The molecular formula is C20H22N6O. The molecule has 2 rings (SSSR count). The molecule has 0 atom stereocenters. The van der Waals surface area contributed by atoms with Crippen molar-refractivity contribution in [3.63, 3.8) is 0 Å². The third-order valence-electron chi connectivity index (χ3n) is 3.76. The van der Waals surface area contributed by atoms with Crippen molar-refractivity contribution in [3.8, 4) is 0 Å². The first-order valence-electron chi connectivity index (χ1n) is 8.20. The fourth-order valence-corrected chi connectivity index (χ4v) is 2.41. The fraction of sp³-hybridized carbons (Fsp3) is 0.0500. The van der Waals surface area contributed by atoms with Gasteiger partial charge in [0.05, 0.1) is 0 Å². The number of aromatic nitrogens is 1. The minimum atomic E-state index is -0.303. The van der Waals surface area contributed by atoms with Crippen LogP contribution in [0.15, 0.2) is 61.1 Å². The van der Waals surface area contributed by atoms with Crippen molar-refractivity contribution < 1.29 is 4.79 Å². The molecule has 7 nitrogen and oxygen atoms in total. The minimum Gasteiger partial charge on any atom is -0.404 e. The van der Waals surface area contributed by atoms with Crippen molar-refractivity contribution >= 4 is 35.2 Å². The normalized spacial score (nSPS) is 12.2. The number of rotatable bonds is 7. The first kappa shape index (κ1) is 19.6. The Morgan fingerprint density at radius 3 is 2.81 bits per heavy atom. The summed E-state index contributed by atoms with van der Waals surface area (Å²) in [5.41, 5.74) is 21.3. The van der Waals surface area contributed by atoms with Gasteiger partial charge in [-0.2, -0.15) is 0 Å². The van der Waals surface area contributed by atoms with Gasteiger partial charge in [-0.25, -0.2) is 0 Å². The largest absolute Gasteiger partial charge is 0.404 e. The van der Waals surface area contributed by atoms with Gasteiger partial charge in [0.1, 0.15) is 0 Å². The first-order chi connectivity index (χ1) is 13.1. The van der Waals surface area contributed by atoms with Gasteiger partial charge in [-0.05, 0) is 53.3 Å². The Bertz CT molecular complexity index is 914. The molecule has 0 saturated carbocycles. The number of anilines is 1. The lowest BCUT2D eigenvalue weighted by molar-refractivity contribution is -0.111. The van der Waals surface area contributed by atoms with Crippen molar-refractivity contribution in [2.24, 2.45) is 17.2 Å². The van der Waals surface area contributed by atoms with E-state index in [1.54, 1.807) is 48.8 Å². The Kier molecular flexibility index (Phi) is 7.04. The van der Waals surface area contributed by atoms with Crippen LogP contribution in [0.4, 0.5) is 5.69 Å². The second kappa shape index (κ2) is 9.69. The van der Waals surface area contributed by atoms with Crippen LogP contribution in [-0.4, -0.2) is 23.7 Å². The van der Waals surface area contributed by atoms with Gasteiger partial charge in [-0.1, -0.05) is 12.1 Å². The van der Waals surface area contributed by atoms with Gasteiger partial charge in [0.15, 0.2) is 0 Å². The topological polar surface area (TPSA) is 144 Å². The van der Waals surface area contributed by atoms with Gasteiger partial charge < -0.3 is 27.9 Å². The van der Waals surface area contributed by atoms with E-state index >= 15 is 0 Å². The highest BCUT2D eigenvalue weighted by atomic mass is 16.1. The van der Waals surface area contributed by atoms with Crippen molar-refractivity contribution in [3.05, 3.63) is 77.8 Å². The molecule has 0 unspecified atom stereocenters. The number of carbonyl (C=O) groups is 1. The fourth-order valence-electron chi connectivity index (χ4n) is 2.41. The Morgan fingerprint density at radius 1 is 1.30 bits per heavy atom. The molecule has 0 aliphatic carbocycles. The quantitative estimate of drug-likeness (QED) is 0.378. The Labute approximate surface area is 157 Å². The molecule has 1 aromatic heterocycles. The van der Waals surface area contributed by atoms with Crippen LogP contribution in [0.2, 0.25) is 0 Å². The van der Waals surface area contributed by atoms with Gasteiger partial charge in [0, 0.05) is 48.2 Å². The number of hydrogen-bond donors (Lipinski definition) is 5. The van der Waals surface area contributed by atoms with E-state index in [0.717, 1.165) is 28.5 Å². The van der Waals surface area contributed by atoms with Gasteiger partial charge >= 0.3 is 0 Å². The average Bonchev–Trinajstić information content (AvgIpc) is 2.68. The highest BCUT2D eigenvalue weighted by molar-refractivity contribution is 6.02. The lowest BCUT2D eigenvalue weighted by Gasteiger charge is -2.08. The summed E-state index contributed by atoms with van der Waals surface area (Å²) in [6.07, 6.45) is 10.4. The number of carbonyl (C=O) groups excluding carboxylic acids is 1. The predicted molar refractivity (Wildman–Crippen MR) is 111 cm³/mol. The van der Waals surface area contributed by atoms with Crippen molar-refractivity contribution in [2.75, 3.05) is 11.9 Å². The average molecular weight is 362 g/mol. The first-order valence-corrected chi connectivity index (χ1v) is 8.20. The predicted octanol–water partition coefficient (Wildman–Crippen LogP) is 1.94. The molecule has 0 fully saturated rings. The van der Waals surface area contributed by atoms with E-state index in [0.29, 0.717) is 11.4 Å². The highest BCUT2D eigenvalue weighted by Crippen LogP contribution is 2.18. The van der Waals surface area contributed by atoms with E-state index in [9.17, 15) is 4.79 Å². The molecule has 2 aromatic rings. The van der Waals surface area contributed by atoms with Crippen LogP contribution in [0, 0.1) is 5.41 Å². The maximum absolute atomic E-state index is 12.2. The molecule has 27 heavy (non-hydrogen) atoms. The number of amides is 1. The van der Waals surface area contributed by atoms with E-state index in [-0.39, 0.29) is 12.5 Å². The Hall–Kier alpha value is -3.71. The van der Waals surface area contributed by atoms with E-state index in [1.165, 1.54) is 18.4 Å². The van der Waals surface area contributed by atoms with Crippen molar-refractivity contribution in [2.45, 2.75) is 0 Å². The van der Waals surface area contributed by atoms with Crippen LogP contribution >= 0.6 is 0 Å². The molecule has 0 aliphatic rings. The van der Waals surface area contributed by atoms with E-state index in [4.69, 9.17) is 22.6 Å². The summed E-state index contributed by atoms with van der Waals surface area (Å²) in [6, 6.07) is 8.87. The lowest BCUT2D eigenvalue weighted by atomic mass is 10.0. The zero-order valence-corrected chi connectivity index (χ0v) is 14.7. The third kappa shape index (κ3) is 5.38. The minimum absolute atomic E-state index is 0.283.